The lowest BCUT2D eigenvalue weighted by Crippen LogP contribution is -2.67. The van der Waals surface area contributed by atoms with Crippen molar-refractivity contribution in [3.05, 3.63) is 11.6 Å². The molecular weight excluding hydrogens is 424 g/mol. The van der Waals surface area contributed by atoms with Crippen LogP contribution in [0.4, 0.5) is 0 Å². The molecule has 0 aromatic heterocycles. The van der Waals surface area contributed by atoms with Crippen molar-refractivity contribution < 1.29 is 20.1 Å². The van der Waals surface area contributed by atoms with E-state index in [2.05, 4.69) is 47.6 Å². The number of fused-ring (bicyclic) bond motifs is 7. The number of hydrogen-bond acceptors (Lipinski definition) is 3. The van der Waals surface area contributed by atoms with Crippen molar-refractivity contribution in [3.8, 4) is 0 Å². The first-order valence-electron chi connectivity index (χ1n) is 13.9. The summed E-state index contributed by atoms with van der Waals surface area (Å²) in [5.74, 6) is 0.379. The summed E-state index contributed by atoms with van der Waals surface area (Å²) in [5.41, 5.74) is 0.0736. The second-order valence-electron chi connectivity index (χ2n) is 14.9. The molecule has 0 heterocycles. The fraction of sp³-hybridized carbons (Fsp3) is 0.900. The summed E-state index contributed by atoms with van der Waals surface area (Å²) < 4.78 is 0. The first-order chi connectivity index (χ1) is 15.7. The minimum absolute atomic E-state index is 0.0487. The van der Waals surface area contributed by atoms with Crippen LogP contribution in [0.2, 0.25) is 0 Å². The van der Waals surface area contributed by atoms with Gasteiger partial charge in [0.05, 0.1) is 11.5 Å². The van der Waals surface area contributed by atoms with E-state index in [1.165, 1.54) is 5.57 Å². The molecule has 4 heteroatoms. The van der Waals surface area contributed by atoms with Gasteiger partial charge in [-0.05, 0) is 109 Å². The number of aliphatic hydroxyl groups excluding tert-OH is 2. The normalized spacial score (nSPS) is 54.1. The van der Waals surface area contributed by atoms with E-state index >= 15 is 0 Å². The highest BCUT2D eigenvalue weighted by Gasteiger charge is 2.71. The molecular formula is C30H48O4. The summed E-state index contributed by atoms with van der Waals surface area (Å²) >= 11 is 0. The Morgan fingerprint density at radius 1 is 0.941 bits per heavy atom. The molecule has 0 aliphatic heterocycles. The minimum Gasteiger partial charge on any atom is -0.481 e. The Balaban J connectivity index is 1.63. The third kappa shape index (κ3) is 2.88. The lowest BCUT2D eigenvalue weighted by atomic mass is 9.33. The Kier molecular flexibility index (Phi) is 5.36. The van der Waals surface area contributed by atoms with Gasteiger partial charge in [-0.2, -0.15) is 0 Å². The molecule has 4 fully saturated rings. The molecule has 0 unspecified atom stereocenters. The van der Waals surface area contributed by atoms with E-state index in [0.29, 0.717) is 11.8 Å². The van der Waals surface area contributed by atoms with Gasteiger partial charge in [0.1, 0.15) is 0 Å². The van der Waals surface area contributed by atoms with E-state index in [4.69, 9.17) is 0 Å². The maximum Gasteiger partial charge on any atom is 0.314 e. The fourth-order valence-corrected chi connectivity index (χ4v) is 10.7. The first kappa shape index (κ1) is 24.8. The van der Waals surface area contributed by atoms with Gasteiger partial charge in [0, 0.05) is 6.61 Å². The van der Waals surface area contributed by atoms with Gasteiger partial charge in [0.2, 0.25) is 0 Å². The summed E-state index contributed by atoms with van der Waals surface area (Å²) in [7, 11) is 0. The summed E-state index contributed by atoms with van der Waals surface area (Å²) in [6, 6.07) is 0. The highest BCUT2D eigenvalue weighted by molar-refractivity contribution is 5.81. The number of rotatable bonds is 2. The molecule has 3 N–H and O–H groups in total. The lowest BCUT2D eigenvalue weighted by molar-refractivity contribution is -0.214. The van der Waals surface area contributed by atoms with Crippen molar-refractivity contribution in [2.24, 2.45) is 50.2 Å². The van der Waals surface area contributed by atoms with Crippen LogP contribution < -0.4 is 0 Å². The van der Waals surface area contributed by atoms with E-state index in [0.717, 1.165) is 64.2 Å². The molecule has 4 nitrogen and oxygen atoms in total. The standard InChI is InChI=1S/C30H48O4/c1-25(2)21-9-12-29(6)22(28(21,5)11-10-23(25)32)8-7-19-20-17-26(3,18-31)13-14-27(20,4)15-16-30(19,29)24(33)34/h7,20-23,31-32H,8-18H2,1-6H3,(H,33,34)/t20-,21-,22+,23+,26+,27+,28-,29+,30+/m0/s1. The Hall–Kier alpha value is -0.870. The van der Waals surface area contributed by atoms with Crippen LogP contribution in [-0.2, 0) is 4.79 Å². The zero-order valence-corrected chi connectivity index (χ0v) is 22.4. The van der Waals surface area contributed by atoms with Crippen LogP contribution >= 0.6 is 0 Å². The van der Waals surface area contributed by atoms with Gasteiger partial charge in [-0.3, -0.25) is 4.79 Å². The van der Waals surface area contributed by atoms with Gasteiger partial charge in [-0.15, -0.1) is 0 Å². The molecule has 0 amide bonds. The summed E-state index contributed by atoms with van der Waals surface area (Å²) in [5, 5.41) is 32.2. The van der Waals surface area contributed by atoms with Crippen molar-refractivity contribution in [2.45, 2.75) is 112 Å². The van der Waals surface area contributed by atoms with Crippen LogP contribution in [0.15, 0.2) is 11.6 Å². The maximum absolute atomic E-state index is 13.5. The predicted octanol–water partition coefficient (Wildman–Crippen LogP) is 6.21. The van der Waals surface area contributed by atoms with E-state index in [9.17, 15) is 20.1 Å². The Morgan fingerprint density at radius 3 is 2.26 bits per heavy atom. The van der Waals surface area contributed by atoms with Gasteiger partial charge in [-0.25, -0.2) is 0 Å². The average Bonchev–Trinajstić information content (AvgIpc) is 2.77. The number of carboxylic acid groups (broad SMARTS) is 1. The molecule has 0 aromatic rings. The fourth-order valence-electron chi connectivity index (χ4n) is 10.7. The molecule has 9 atom stereocenters. The SMILES string of the molecule is CC1(C)[C@H](O)CC[C@]2(C)[C@H]3CC=C4[C@@H]5C[C@](C)(CO)CC[C@]5(C)CC[C@@]4(C(=O)O)[C@]3(C)CC[C@@H]12. The molecule has 4 saturated carbocycles. The van der Waals surface area contributed by atoms with Crippen molar-refractivity contribution in [1.29, 1.82) is 0 Å². The molecule has 0 bridgehead atoms. The topological polar surface area (TPSA) is 77.8 Å². The minimum atomic E-state index is -0.804. The first-order valence-corrected chi connectivity index (χ1v) is 13.9. The molecule has 0 aromatic carbocycles. The van der Waals surface area contributed by atoms with Crippen LogP contribution in [0.3, 0.4) is 0 Å². The van der Waals surface area contributed by atoms with Crippen LogP contribution in [0.5, 0.6) is 0 Å². The smallest absolute Gasteiger partial charge is 0.314 e. The van der Waals surface area contributed by atoms with Gasteiger partial charge >= 0.3 is 5.97 Å². The quantitative estimate of drug-likeness (QED) is 0.418. The zero-order valence-electron chi connectivity index (χ0n) is 22.4. The van der Waals surface area contributed by atoms with Crippen LogP contribution in [0, 0.1) is 50.2 Å². The van der Waals surface area contributed by atoms with Crippen LogP contribution in [-0.4, -0.2) is 34.0 Å². The lowest BCUT2D eigenvalue weighted by Gasteiger charge is -2.70. The maximum atomic E-state index is 13.5. The zero-order chi connectivity index (χ0) is 24.9. The third-order valence-electron chi connectivity index (χ3n) is 13.1. The van der Waals surface area contributed by atoms with Crippen molar-refractivity contribution in [1.82, 2.24) is 0 Å². The van der Waals surface area contributed by atoms with Gasteiger partial charge in [0.25, 0.3) is 0 Å². The highest BCUT2D eigenvalue weighted by Crippen LogP contribution is 2.75. The number of allylic oxidation sites excluding steroid dienone is 1. The van der Waals surface area contributed by atoms with Crippen LogP contribution in [0.25, 0.3) is 0 Å². The molecule has 0 saturated heterocycles. The van der Waals surface area contributed by atoms with Crippen LogP contribution in [0.1, 0.15) is 106 Å². The van der Waals surface area contributed by atoms with Crippen molar-refractivity contribution in [2.75, 3.05) is 6.61 Å². The second kappa shape index (κ2) is 7.34. The predicted molar refractivity (Wildman–Crippen MR) is 134 cm³/mol. The van der Waals surface area contributed by atoms with E-state index in [-0.39, 0.29) is 45.7 Å². The monoisotopic (exact) mass is 472 g/mol. The summed E-state index contributed by atoms with van der Waals surface area (Å²) in [6.45, 7) is 14.0. The second-order valence-corrected chi connectivity index (χ2v) is 14.9. The molecule has 0 radical (unpaired) electrons. The number of carbonyl (C=O) groups is 1. The molecule has 5 aliphatic carbocycles. The molecule has 5 rings (SSSR count). The third-order valence-corrected chi connectivity index (χ3v) is 13.1. The molecule has 192 valence electrons. The molecule has 5 aliphatic rings. The van der Waals surface area contributed by atoms with E-state index in [1.807, 2.05) is 0 Å². The van der Waals surface area contributed by atoms with Crippen molar-refractivity contribution >= 4 is 5.97 Å². The average molecular weight is 473 g/mol. The van der Waals surface area contributed by atoms with Gasteiger partial charge < -0.3 is 15.3 Å². The van der Waals surface area contributed by atoms with Crippen molar-refractivity contribution in [3.63, 3.8) is 0 Å². The Labute approximate surface area is 206 Å². The number of carboxylic acids is 1. The largest absolute Gasteiger partial charge is 0.481 e. The summed E-state index contributed by atoms with van der Waals surface area (Å²) in [4.78, 5) is 13.5. The molecule has 0 spiro atoms. The Bertz CT molecular complexity index is 907. The molecule has 34 heavy (non-hydrogen) atoms. The van der Waals surface area contributed by atoms with E-state index in [1.54, 1.807) is 0 Å². The number of aliphatic hydroxyl groups is 2. The highest BCUT2D eigenvalue weighted by atomic mass is 16.4. The van der Waals surface area contributed by atoms with Gasteiger partial charge in [0.15, 0.2) is 0 Å². The number of hydrogen-bond donors (Lipinski definition) is 3. The number of aliphatic carboxylic acids is 1. The van der Waals surface area contributed by atoms with Gasteiger partial charge in [-0.1, -0.05) is 53.2 Å². The summed E-state index contributed by atoms with van der Waals surface area (Å²) in [6.07, 6.45) is 11.5. The van der Waals surface area contributed by atoms with E-state index < -0.39 is 11.4 Å². The Morgan fingerprint density at radius 2 is 1.62 bits per heavy atom.